The molecule has 0 aromatic heterocycles. The summed E-state index contributed by atoms with van der Waals surface area (Å²) in [5, 5.41) is 3.46. The molecule has 1 aliphatic rings. The van der Waals surface area contributed by atoms with Crippen molar-refractivity contribution in [2.24, 2.45) is 0 Å². The molecule has 0 spiro atoms. The van der Waals surface area contributed by atoms with Gasteiger partial charge >= 0.3 is 0 Å². The number of hydrogen-bond donors (Lipinski definition) is 1. The molecule has 0 unspecified atom stereocenters. The van der Waals surface area contributed by atoms with E-state index in [2.05, 4.69) is 36.2 Å². The van der Waals surface area contributed by atoms with Gasteiger partial charge < -0.3 is 15.0 Å². The summed E-state index contributed by atoms with van der Waals surface area (Å²) in [6, 6.07) is 8.35. The molecule has 1 aromatic rings. The number of nitrogens with one attached hydrogen (secondary N) is 1. The Kier molecular flexibility index (Phi) is 3.57. The van der Waals surface area contributed by atoms with E-state index in [0.717, 1.165) is 25.4 Å². The summed E-state index contributed by atoms with van der Waals surface area (Å²) < 4.78 is 5.20. The van der Waals surface area contributed by atoms with Gasteiger partial charge in [-0.25, -0.2) is 0 Å². The van der Waals surface area contributed by atoms with Crippen LogP contribution >= 0.6 is 0 Å². The maximum Gasteiger partial charge on any atom is 0.119 e. The lowest BCUT2D eigenvalue weighted by Gasteiger charge is -2.39. The number of ether oxygens (including phenoxy) is 1. The van der Waals surface area contributed by atoms with Crippen molar-refractivity contribution >= 4 is 5.69 Å². The van der Waals surface area contributed by atoms with Crippen molar-refractivity contribution < 1.29 is 4.74 Å². The quantitative estimate of drug-likeness (QED) is 0.849. The highest BCUT2D eigenvalue weighted by Crippen LogP contribution is 2.28. The van der Waals surface area contributed by atoms with E-state index in [4.69, 9.17) is 4.74 Å². The lowest BCUT2D eigenvalue weighted by atomic mass is 9.97. The highest BCUT2D eigenvalue weighted by Gasteiger charge is 2.28. The van der Waals surface area contributed by atoms with Gasteiger partial charge in [0, 0.05) is 24.3 Å². The fourth-order valence-corrected chi connectivity index (χ4v) is 2.39. The topological polar surface area (TPSA) is 24.5 Å². The van der Waals surface area contributed by atoms with Crippen molar-refractivity contribution in [3.63, 3.8) is 0 Å². The fourth-order valence-electron chi connectivity index (χ4n) is 2.39. The summed E-state index contributed by atoms with van der Waals surface area (Å²) in [7, 11) is 1.70. The molecule has 3 heteroatoms. The monoisotopic (exact) mass is 234 g/mol. The van der Waals surface area contributed by atoms with Crippen LogP contribution in [-0.2, 0) is 0 Å². The molecular weight excluding hydrogens is 212 g/mol. The summed E-state index contributed by atoms with van der Waals surface area (Å²) in [4.78, 5) is 2.48. The lowest BCUT2D eigenvalue weighted by Crippen LogP contribution is -2.44. The summed E-state index contributed by atoms with van der Waals surface area (Å²) in [6.07, 6.45) is 1.17. The first kappa shape index (κ1) is 12.2. The van der Waals surface area contributed by atoms with E-state index in [1.54, 1.807) is 7.11 Å². The van der Waals surface area contributed by atoms with Crippen LogP contribution in [0.5, 0.6) is 5.75 Å². The highest BCUT2D eigenvalue weighted by atomic mass is 16.5. The predicted molar refractivity (Wildman–Crippen MR) is 71.9 cm³/mol. The van der Waals surface area contributed by atoms with Crippen molar-refractivity contribution in [1.82, 2.24) is 5.32 Å². The Labute approximate surface area is 104 Å². The van der Waals surface area contributed by atoms with E-state index >= 15 is 0 Å². The SMILES string of the molecule is COc1ccc(N2CCNCCC2(C)C)cc1. The summed E-state index contributed by atoms with van der Waals surface area (Å²) in [5.41, 5.74) is 1.48. The minimum absolute atomic E-state index is 0.206. The van der Waals surface area contributed by atoms with E-state index in [1.807, 2.05) is 12.1 Å². The van der Waals surface area contributed by atoms with Gasteiger partial charge in [0.25, 0.3) is 0 Å². The van der Waals surface area contributed by atoms with E-state index in [0.29, 0.717) is 0 Å². The number of rotatable bonds is 2. The maximum absolute atomic E-state index is 5.20. The van der Waals surface area contributed by atoms with Crippen LogP contribution in [0.2, 0.25) is 0 Å². The molecule has 0 bridgehead atoms. The second kappa shape index (κ2) is 4.96. The van der Waals surface area contributed by atoms with Crippen LogP contribution in [0, 0.1) is 0 Å². The van der Waals surface area contributed by atoms with Crippen LogP contribution in [0.3, 0.4) is 0 Å². The number of nitrogens with zero attached hydrogens (tertiary/aromatic N) is 1. The van der Waals surface area contributed by atoms with Crippen LogP contribution in [0.1, 0.15) is 20.3 Å². The summed E-state index contributed by atoms with van der Waals surface area (Å²) in [6.45, 7) is 7.82. The summed E-state index contributed by atoms with van der Waals surface area (Å²) >= 11 is 0. The smallest absolute Gasteiger partial charge is 0.119 e. The summed E-state index contributed by atoms with van der Waals surface area (Å²) in [5.74, 6) is 0.916. The van der Waals surface area contributed by atoms with E-state index in [-0.39, 0.29) is 5.54 Å². The normalized spacial score (nSPS) is 19.8. The second-order valence-electron chi connectivity index (χ2n) is 5.16. The molecule has 1 N–H and O–H groups in total. The average Bonchev–Trinajstić information content (AvgIpc) is 2.50. The van der Waals surface area contributed by atoms with Crippen LogP contribution in [-0.4, -0.2) is 32.3 Å². The Morgan fingerprint density at radius 1 is 1.18 bits per heavy atom. The molecule has 1 aliphatic heterocycles. The first-order valence-corrected chi connectivity index (χ1v) is 6.26. The minimum Gasteiger partial charge on any atom is -0.497 e. The number of benzene rings is 1. The van der Waals surface area contributed by atoms with Crippen LogP contribution in [0.4, 0.5) is 5.69 Å². The predicted octanol–water partition coefficient (Wildman–Crippen LogP) is 2.27. The molecule has 94 valence electrons. The highest BCUT2D eigenvalue weighted by molar-refractivity contribution is 5.51. The van der Waals surface area contributed by atoms with Crippen molar-refractivity contribution in [3.05, 3.63) is 24.3 Å². The molecule has 1 heterocycles. The van der Waals surface area contributed by atoms with Gasteiger partial charge in [-0.15, -0.1) is 0 Å². The average molecular weight is 234 g/mol. The van der Waals surface area contributed by atoms with Gasteiger partial charge in [-0.05, 0) is 51.1 Å². The largest absolute Gasteiger partial charge is 0.497 e. The van der Waals surface area contributed by atoms with Gasteiger partial charge in [-0.2, -0.15) is 0 Å². The molecule has 0 radical (unpaired) electrons. The second-order valence-corrected chi connectivity index (χ2v) is 5.16. The van der Waals surface area contributed by atoms with E-state index < -0.39 is 0 Å². The van der Waals surface area contributed by atoms with Crippen molar-refractivity contribution in [2.75, 3.05) is 31.6 Å². The first-order chi connectivity index (χ1) is 8.13. The third-order valence-corrected chi connectivity index (χ3v) is 3.54. The number of hydrogen-bond acceptors (Lipinski definition) is 3. The Hall–Kier alpha value is -1.22. The Bertz CT molecular complexity index is 359. The van der Waals surface area contributed by atoms with Gasteiger partial charge in [0.1, 0.15) is 5.75 Å². The standard InChI is InChI=1S/C14H22N2O/c1-14(2)8-9-15-10-11-16(14)12-4-6-13(17-3)7-5-12/h4-7,15H,8-11H2,1-3H3. The van der Waals surface area contributed by atoms with Crippen LogP contribution < -0.4 is 15.0 Å². The molecule has 17 heavy (non-hydrogen) atoms. The number of methoxy groups -OCH3 is 1. The lowest BCUT2D eigenvalue weighted by molar-refractivity contribution is 0.414. The minimum atomic E-state index is 0.206. The zero-order chi connectivity index (χ0) is 12.3. The third kappa shape index (κ3) is 2.72. The molecule has 0 aliphatic carbocycles. The Morgan fingerprint density at radius 2 is 1.88 bits per heavy atom. The maximum atomic E-state index is 5.20. The molecule has 1 aromatic carbocycles. The van der Waals surface area contributed by atoms with Crippen molar-refractivity contribution in [1.29, 1.82) is 0 Å². The van der Waals surface area contributed by atoms with E-state index in [1.165, 1.54) is 12.1 Å². The Balaban J connectivity index is 2.23. The molecule has 1 saturated heterocycles. The third-order valence-electron chi connectivity index (χ3n) is 3.54. The molecule has 2 rings (SSSR count). The first-order valence-electron chi connectivity index (χ1n) is 6.26. The van der Waals surface area contributed by atoms with Crippen LogP contribution in [0.25, 0.3) is 0 Å². The fraction of sp³-hybridized carbons (Fsp3) is 0.571. The zero-order valence-corrected chi connectivity index (χ0v) is 11.0. The molecule has 1 fully saturated rings. The number of anilines is 1. The van der Waals surface area contributed by atoms with E-state index in [9.17, 15) is 0 Å². The van der Waals surface area contributed by atoms with Gasteiger partial charge in [0.05, 0.1) is 7.11 Å². The molecule has 0 saturated carbocycles. The van der Waals surface area contributed by atoms with Gasteiger partial charge in [-0.3, -0.25) is 0 Å². The van der Waals surface area contributed by atoms with Crippen molar-refractivity contribution in [3.8, 4) is 5.75 Å². The zero-order valence-electron chi connectivity index (χ0n) is 11.0. The van der Waals surface area contributed by atoms with Gasteiger partial charge in [0.15, 0.2) is 0 Å². The molecule has 3 nitrogen and oxygen atoms in total. The van der Waals surface area contributed by atoms with Crippen molar-refractivity contribution in [2.45, 2.75) is 25.8 Å². The van der Waals surface area contributed by atoms with Gasteiger partial charge in [-0.1, -0.05) is 0 Å². The van der Waals surface area contributed by atoms with Gasteiger partial charge in [0.2, 0.25) is 0 Å². The molecule has 0 atom stereocenters. The molecular formula is C14H22N2O. The molecule has 0 amide bonds. The Morgan fingerprint density at radius 3 is 2.53 bits per heavy atom. The van der Waals surface area contributed by atoms with Crippen LogP contribution in [0.15, 0.2) is 24.3 Å².